The van der Waals surface area contributed by atoms with Crippen LogP contribution in [-0.4, -0.2) is 14.2 Å². The number of hydrogen-bond acceptors (Lipinski definition) is 2. The Hall–Kier alpha value is 0.460. The lowest BCUT2D eigenvalue weighted by Gasteiger charge is -2.17. The van der Waals surface area contributed by atoms with Gasteiger partial charge >= 0.3 is 0 Å². The molecule has 0 saturated heterocycles. The fraction of sp³-hybridized carbons (Fsp3) is 0.250. The summed E-state index contributed by atoms with van der Waals surface area (Å²) < 4.78 is 2.39. The Kier molecular flexibility index (Phi) is 2.55. The zero-order valence-corrected chi connectivity index (χ0v) is 8.19. The lowest BCUT2D eigenvalue weighted by molar-refractivity contribution is 0.600. The molecule has 0 aromatic carbocycles. The van der Waals surface area contributed by atoms with E-state index in [4.69, 9.17) is 11.6 Å². The second kappa shape index (κ2) is 3.03. The normalized spacial score (nSPS) is 26.3. The van der Waals surface area contributed by atoms with Gasteiger partial charge in [-0.25, -0.2) is 4.99 Å². The van der Waals surface area contributed by atoms with Crippen molar-refractivity contribution in [3.05, 3.63) is 12.3 Å². The second-order valence-electron chi connectivity index (χ2n) is 1.42. The maximum Gasteiger partial charge on any atom is 0.207 e. The molecule has 0 spiro atoms. The van der Waals surface area contributed by atoms with E-state index >= 15 is 0 Å². The van der Waals surface area contributed by atoms with Crippen LogP contribution in [0.1, 0.15) is 0 Å². The quantitative estimate of drug-likeness (QED) is 0.376. The van der Waals surface area contributed by atoms with Gasteiger partial charge in [-0.2, -0.15) is 0 Å². The van der Waals surface area contributed by atoms with Crippen LogP contribution in [-0.2, 0) is 0 Å². The molecule has 0 aromatic heterocycles. The number of halogens is 3. The van der Waals surface area contributed by atoms with E-state index in [-0.39, 0.29) is 5.62 Å². The number of aliphatic imine (C=N–C) groups is 1. The third-order valence-electron chi connectivity index (χ3n) is 0.788. The van der Waals surface area contributed by atoms with Crippen molar-refractivity contribution in [3.8, 4) is 0 Å². The van der Waals surface area contributed by atoms with Gasteiger partial charge in [0.15, 0.2) is 0 Å². The van der Waals surface area contributed by atoms with Gasteiger partial charge in [0.1, 0.15) is 4.62 Å². The first-order valence-corrected chi connectivity index (χ1v) is 4.14. The first kappa shape index (κ1) is 7.57. The Balaban J connectivity index is 2.70. The highest BCUT2D eigenvalue weighted by atomic mass is 79.9. The van der Waals surface area contributed by atoms with E-state index in [1.807, 2.05) is 0 Å². The highest BCUT2D eigenvalue weighted by Crippen LogP contribution is 2.17. The molecule has 1 atom stereocenters. The van der Waals surface area contributed by atoms with Crippen LogP contribution in [0.3, 0.4) is 0 Å². The molecule has 0 aliphatic carbocycles. The van der Waals surface area contributed by atoms with Crippen molar-refractivity contribution in [2.45, 2.75) is 5.62 Å². The van der Waals surface area contributed by atoms with Gasteiger partial charge in [-0.15, -0.1) is 0 Å². The van der Waals surface area contributed by atoms with Crippen molar-refractivity contribution in [3.63, 3.8) is 0 Å². The van der Waals surface area contributed by atoms with Crippen LogP contribution >= 0.6 is 43.7 Å². The van der Waals surface area contributed by atoms with Crippen LogP contribution in [0.4, 0.5) is 0 Å². The van der Waals surface area contributed by atoms with Crippen molar-refractivity contribution in [1.82, 2.24) is 3.93 Å². The van der Waals surface area contributed by atoms with Crippen molar-refractivity contribution >= 4 is 48.3 Å². The van der Waals surface area contributed by atoms with Crippen LogP contribution < -0.4 is 0 Å². The minimum atomic E-state index is -0.343. The number of hydrogen-bond donors (Lipinski definition) is 0. The fourth-order valence-corrected chi connectivity index (χ4v) is 1.21. The minimum Gasteiger partial charge on any atom is -0.279 e. The molecule has 0 bridgehead atoms. The Bertz CT molecular complexity index is 168. The zero-order chi connectivity index (χ0) is 6.85. The summed E-state index contributed by atoms with van der Waals surface area (Å²) in [6, 6.07) is 0. The summed E-state index contributed by atoms with van der Waals surface area (Å²) in [5, 5.41) is 0. The lowest BCUT2D eigenvalue weighted by Crippen LogP contribution is -2.17. The smallest absolute Gasteiger partial charge is 0.207 e. The van der Waals surface area contributed by atoms with Crippen LogP contribution in [0.25, 0.3) is 0 Å². The molecular weight excluding hydrogens is 271 g/mol. The monoisotopic (exact) mass is 272 g/mol. The van der Waals surface area contributed by atoms with Gasteiger partial charge in [-0.3, -0.25) is 3.93 Å². The fourth-order valence-electron chi connectivity index (χ4n) is 0.404. The van der Waals surface area contributed by atoms with Crippen molar-refractivity contribution in [1.29, 1.82) is 0 Å². The van der Waals surface area contributed by atoms with Gasteiger partial charge in [0.2, 0.25) is 5.62 Å². The van der Waals surface area contributed by atoms with E-state index in [0.717, 1.165) is 4.62 Å². The van der Waals surface area contributed by atoms with Gasteiger partial charge in [-0.05, 0) is 22.0 Å². The third-order valence-corrected chi connectivity index (χ3v) is 2.42. The molecule has 50 valence electrons. The number of rotatable bonds is 0. The standard InChI is InChI=1S/C4H3Br2ClN2/c5-3-1-2-9(6)4(7)8-3/h1-2,4H. The largest absolute Gasteiger partial charge is 0.279 e. The van der Waals surface area contributed by atoms with Crippen molar-refractivity contribution < 1.29 is 0 Å². The summed E-state index contributed by atoms with van der Waals surface area (Å²) >= 11 is 12.0. The first-order valence-electron chi connectivity index (χ1n) is 2.20. The predicted molar refractivity (Wildman–Crippen MR) is 45.9 cm³/mol. The van der Waals surface area contributed by atoms with Gasteiger partial charge < -0.3 is 0 Å². The molecule has 0 radical (unpaired) electrons. The second-order valence-corrected chi connectivity index (χ2v) is 3.44. The third kappa shape index (κ3) is 1.95. The number of alkyl halides is 1. The summed E-state index contributed by atoms with van der Waals surface area (Å²) in [7, 11) is 0. The van der Waals surface area contributed by atoms with Gasteiger partial charge in [0.25, 0.3) is 0 Å². The average Bonchev–Trinajstić information content (AvgIpc) is 1.80. The molecule has 1 rings (SSSR count). The summed E-state index contributed by atoms with van der Waals surface area (Å²) in [6.07, 6.45) is 3.59. The summed E-state index contributed by atoms with van der Waals surface area (Å²) in [5.74, 6) is 0. The zero-order valence-electron chi connectivity index (χ0n) is 4.26. The van der Waals surface area contributed by atoms with E-state index in [1.54, 1.807) is 16.2 Å². The summed E-state index contributed by atoms with van der Waals surface area (Å²) in [4.78, 5) is 3.95. The van der Waals surface area contributed by atoms with E-state index in [0.29, 0.717) is 0 Å². The highest BCUT2D eigenvalue weighted by Gasteiger charge is 2.10. The van der Waals surface area contributed by atoms with Crippen molar-refractivity contribution in [2.24, 2.45) is 4.99 Å². The van der Waals surface area contributed by atoms with E-state index < -0.39 is 0 Å². The van der Waals surface area contributed by atoms with Crippen molar-refractivity contribution in [2.75, 3.05) is 0 Å². The topological polar surface area (TPSA) is 15.6 Å². The average molecular weight is 274 g/mol. The minimum absolute atomic E-state index is 0.343. The first-order chi connectivity index (χ1) is 4.20. The SMILES string of the molecule is ClC1N=C(Br)C=CN1Br. The summed E-state index contributed by atoms with van der Waals surface area (Å²) in [6.45, 7) is 0. The molecule has 0 N–H and O–H groups in total. The molecule has 0 aromatic rings. The van der Waals surface area contributed by atoms with Crippen LogP contribution in [0.5, 0.6) is 0 Å². The van der Waals surface area contributed by atoms with Crippen LogP contribution in [0.2, 0.25) is 0 Å². The Morgan fingerprint density at radius 1 is 1.78 bits per heavy atom. The molecule has 0 fully saturated rings. The van der Waals surface area contributed by atoms with E-state index in [1.165, 1.54) is 0 Å². The molecule has 0 amide bonds. The maximum absolute atomic E-state index is 5.67. The predicted octanol–water partition coefficient (Wildman–Crippen LogP) is 2.44. The molecule has 0 saturated carbocycles. The highest BCUT2D eigenvalue weighted by molar-refractivity contribution is 9.18. The maximum atomic E-state index is 5.67. The molecule has 1 unspecified atom stereocenters. The molecule has 1 aliphatic heterocycles. The number of nitrogens with zero attached hydrogens (tertiary/aromatic N) is 2. The lowest BCUT2D eigenvalue weighted by atomic mass is 10.6. The Morgan fingerprint density at radius 2 is 2.44 bits per heavy atom. The Labute approximate surface area is 75.0 Å². The molecule has 1 heterocycles. The van der Waals surface area contributed by atoms with Gasteiger partial charge in [0.05, 0.1) is 16.1 Å². The molecule has 9 heavy (non-hydrogen) atoms. The molecular formula is C4H3Br2ClN2. The molecule has 1 aliphatic rings. The van der Waals surface area contributed by atoms with Gasteiger partial charge in [-0.1, -0.05) is 11.6 Å². The van der Waals surface area contributed by atoms with Crippen LogP contribution in [0.15, 0.2) is 17.3 Å². The van der Waals surface area contributed by atoms with E-state index in [2.05, 4.69) is 37.1 Å². The molecule has 5 heteroatoms. The number of allylic oxidation sites excluding steroid dienone is 1. The Morgan fingerprint density at radius 3 is 2.89 bits per heavy atom. The molecule has 2 nitrogen and oxygen atoms in total. The summed E-state index contributed by atoms with van der Waals surface area (Å²) in [5.41, 5.74) is -0.343. The van der Waals surface area contributed by atoms with Crippen LogP contribution in [0, 0.1) is 0 Å². The van der Waals surface area contributed by atoms with E-state index in [9.17, 15) is 0 Å². The van der Waals surface area contributed by atoms with Gasteiger partial charge in [0, 0.05) is 6.20 Å².